The van der Waals surface area contributed by atoms with Crippen LogP contribution in [0.25, 0.3) is 0 Å². The Balaban J connectivity index is 1.63. The summed E-state index contributed by atoms with van der Waals surface area (Å²) in [4.78, 5) is 53.2. The van der Waals surface area contributed by atoms with Gasteiger partial charge in [-0.15, -0.1) is 11.3 Å². The number of carbonyl (C=O) groups is 3. The van der Waals surface area contributed by atoms with E-state index in [0.717, 1.165) is 15.7 Å². The van der Waals surface area contributed by atoms with Gasteiger partial charge in [-0.1, -0.05) is 0 Å². The van der Waals surface area contributed by atoms with Crippen molar-refractivity contribution in [2.75, 3.05) is 18.4 Å². The maximum absolute atomic E-state index is 13.1. The van der Waals surface area contributed by atoms with Gasteiger partial charge in [0.2, 0.25) is 11.8 Å². The van der Waals surface area contributed by atoms with Crippen LogP contribution < -0.4 is 16.4 Å². The zero-order valence-electron chi connectivity index (χ0n) is 20.8. The van der Waals surface area contributed by atoms with Crippen LogP contribution in [0.2, 0.25) is 0 Å². The molecule has 1 atom stereocenters. The molecule has 1 fully saturated rings. The average Bonchev–Trinajstić information content (AvgIpc) is 3.15. The summed E-state index contributed by atoms with van der Waals surface area (Å²) in [6.07, 6.45) is 2.04. The van der Waals surface area contributed by atoms with E-state index in [0.29, 0.717) is 37.6 Å². The van der Waals surface area contributed by atoms with E-state index in [9.17, 15) is 14.4 Å². The molecule has 0 aliphatic carbocycles. The van der Waals surface area contributed by atoms with Gasteiger partial charge >= 0.3 is 6.09 Å². The second-order valence-electron chi connectivity index (χ2n) is 9.62. The van der Waals surface area contributed by atoms with E-state index in [4.69, 9.17) is 10.5 Å². The fourth-order valence-electron chi connectivity index (χ4n) is 3.79. The van der Waals surface area contributed by atoms with Crippen molar-refractivity contribution < 1.29 is 19.1 Å². The van der Waals surface area contributed by atoms with Gasteiger partial charge in [0.1, 0.15) is 23.3 Å². The summed E-state index contributed by atoms with van der Waals surface area (Å²) in [5, 5.41) is 6.50. The summed E-state index contributed by atoms with van der Waals surface area (Å²) in [6, 6.07) is 0.794. The number of nitrogens with two attached hydrogens (primary N) is 1. The standard InChI is InChI=1S/C23H33N7O4S/c1-13-10-18(29-21-25-12-14(2)35-21)28-19(26-13)15-6-8-30(9-7-15)20(32)16(11-17(24)31)27-22(33)34-23(3,4)5/h10,12,15-16H,6-9,11H2,1-5H3,(H2,24,31)(H,27,33)(H,25,26,28,29)/t16-/m0/s1. The second-order valence-corrected chi connectivity index (χ2v) is 10.9. The molecular formula is C23H33N7O4S. The average molecular weight is 504 g/mol. The maximum atomic E-state index is 13.1. The normalized spacial score (nSPS) is 15.4. The molecule has 3 rings (SSSR count). The maximum Gasteiger partial charge on any atom is 0.408 e. The highest BCUT2D eigenvalue weighted by atomic mass is 32.1. The molecule has 190 valence electrons. The first-order valence-corrected chi connectivity index (χ1v) is 12.3. The zero-order chi connectivity index (χ0) is 25.8. The molecule has 0 spiro atoms. The highest BCUT2D eigenvalue weighted by molar-refractivity contribution is 7.15. The molecule has 0 aromatic carbocycles. The summed E-state index contributed by atoms with van der Waals surface area (Å²) >= 11 is 1.55. The van der Waals surface area contributed by atoms with Crippen molar-refractivity contribution >= 4 is 40.2 Å². The van der Waals surface area contributed by atoms with Crippen LogP contribution in [0.5, 0.6) is 0 Å². The number of primary amides is 1. The highest BCUT2D eigenvalue weighted by Crippen LogP contribution is 2.28. The Morgan fingerprint density at radius 3 is 2.49 bits per heavy atom. The van der Waals surface area contributed by atoms with Crippen molar-refractivity contribution in [3.8, 4) is 0 Å². The van der Waals surface area contributed by atoms with Crippen LogP contribution in [-0.2, 0) is 14.3 Å². The first kappa shape index (κ1) is 26.3. The number of carbonyl (C=O) groups excluding carboxylic acids is 3. The SMILES string of the molecule is Cc1cc(Nc2ncc(C)s2)nc(C2CCN(C(=O)[C@H](CC(N)=O)NC(=O)OC(C)(C)C)CC2)n1. The minimum Gasteiger partial charge on any atom is -0.444 e. The topological polar surface area (TPSA) is 152 Å². The van der Waals surface area contributed by atoms with Crippen molar-refractivity contribution in [1.82, 2.24) is 25.2 Å². The Hall–Kier alpha value is -3.28. The number of anilines is 2. The fraction of sp³-hybridized carbons (Fsp3) is 0.565. The number of alkyl carbamates (subject to hydrolysis) is 1. The number of hydrogen-bond donors (Lipinski definition) is 3. The molecule has 0 saturated carbocycles. The van der Waals surface area contributed by atoms with Crippen LogP contribution in [0.15, 0.2) is 12.3 Å². The van der Waals surface area contributed by atoms with Crippen LogP contribution in [0.3, 0.4) is 0 Å². The first-order chi connectivity index (χ1) is 16.4. The van der Waals surface area contributed by atoms with Gasteiger partial charge in [0.05, 0.1) is 6.42 Å². The van der Waals surface area contributed by atoms with Crippen LogP contribution in [0.4, 0.5) is 15.7 Å². The summed E-state index contributed by atoms with van der Waals surface area (Å²) < 4.78 is 5.23. The molecule has 4 N–H and O–H groups in total. The van der Waals surface area contributed by atoms with E-state index in [1.807, 2.05) is 19.9 Å². The number of likely N-dealkylation sites (tertiary alicyclic amines) is 1. The number of amides is 3. The van der Waals surface area contributed by atoms with Gasteiger partial charge in [-0.05, 0) is 47.5 Å². The van der Waals surface area contributed by atoms with Gasteiger partial charge in [-0.25, -0.2) is 19.7 Å². The molecule has 3 amide bonds. The third-order valence-electron chi connectivity index (χ3n) is 5.29. The van der Waals surface area contributed by atoms with Gasteiger partial charge in [-0.3, -0.25) is 9.59 Å². The Labute approximate surface area is 208 Å². The molecule has 1 aliphatic rings. The molecule has 1 saturated heterocycles. The number of nitrogens with one attached hydrogen (secondary N) is 2. The van der Waals surface area contributed by atoms with E-state index in [1.165, 1.54) is 0 Å². The quantitative estimate of drug-likeness (QED) is 0.521. The molecule has 1 aliphatic heterocycles. The molecule has 0 unspecified atom stereocenters. The van der Waals surface area contributed by atoms with E-state index >= 15 is 0 Å². The molecule has 2 aromatic heterocycles. The molecule has 11 nitrogen and oxygen atoms in total. The number of ether oxygens (including phenoxy) is 1. The lowest BCUT2D eigenvalue weighted by atomic mass is 9.95. The summed E-state index contributed by atoms with van der Waals surface area (Å²) in [5.41, 5.74) is 5.43. The minimum absolute atomic E-state index is 0.0749. The Bertz CT molecular complexity index is 1070. The van der Waals surface area contributed by atoms with Crippen LogP contribution in [0.1, 0.15) is 62.3 Å². The van der Waals surface area contributed by atoms with Crippen LogP contribution >= 0.6 is 11.3 Å². The van der Waals surface area contributed by atoms with Crippen LogP contribution in [0, 0.1) is 13.8 Å². The van der Waals surface area contributed by atoms with Crippen molar-refractivity contribution in [2.45, 2.75) is 71.4 Å². The van der Waals surface area contributed by atoms with Gasteiger partial charge in [0.15, 0.2) is 5.13 Å². The first-order valence-electron chi connectivity index (χ1n) is 11.5. The summed E-state index contributed by atoms with van der Waals surface area (Å²) in [5.74, 6) is 0.431. The summed E-state index contributed by atoms with van der Waals surface area (Å²) in [7, 11) is 0. The van der Waals surface area contributed by atoms with E-state index in [-0.39, 0.29) is 18.2 Å². The number of piperidine rings is 1. The lowest BCUT2D eigenvalue weighted by molar-refractivity contribution is -0.136. The lowest BCUT2D eigenvalue weighted by Gasteiger charge is -2.34. The molecular weight excluding hydrogens is 470 g/mol. The van der Waals surface area contributed by atoms with Crippen molar-refractivity contribution in [1.29, 1.82) is 0 Å². The zero-order valence-corrected chi connectivity index (χ0v) is 21.6. The van der Waals surface area contributed by atoms with E-state index < -0.39 is 23.6 Å². The lowest BCUT2D eigenvalue weighted by Crippen LogP contribution is -2.52. The minimum atomic E-state index is -1.08. The molecule has 0 radical (unpaired) electrons. The van der Waals surface area contributed by atoms with Gasteiger partial charge in [-0.2, -0.15) is 0 Å². The second kappa shape index (κ2) is 11.0. The number of aromatic nitrogens is 3. The number of thiazole rings is 1. The van der Waals surface area contributed by atoms with Crippen molar-refractivity contribution in [3.63, 3.8) is 0 Å². The number of hydrogen-bond acceptors (Lipinski definition) is 9. The monoisotopic (exact) mass is 503 g/mol. The van der Waals surface area contributed by atoms with Gasteiger partial charge < -0.3 is 26.0 Å². The smallest absolute Gasteiger partial charge is 0.408 e. The molecule has 2 aromatic rings. The molecule has 0 bridgehead atoms. The molecule has 12 heteroatoms. The van der Waals surface area contributed by atoms with Gasteiger partial charge in [0.25, 0.3) is 0 Å². The van der Waals surface area contributed by atoms with Crippen molar-refractivity contribution in [3.05, 3.63) is 28.7 Å². The predicted molar refractivity (Wildman–Crippen MR) is 132 cm³/mol. The van der Waals surface area contributed by atoms with Crippen LogP contribution in [-0.4, -0.2) is 62.5 Å². The fourth-order valence-corrected chi connectivity index (χ4v) is 4.46. The Morgan fingerprint density at radius 2 is 1.91 bits per heavy atom. The number of rotatable bonds is 7. The Kier molecular flexibility index (Phi) is 8.26. The molecule has 35 heavy (non-hydrogen) atoms. The number of nitrogens with zero attached hydrogens (tertiary/aromatic N) is 4. The van der Waals surface area contributed by atoms with Gasteiger partial charge in [0, 0.05) is 41.8 Å². The Morgan fingerprint density at radius 1 is 1.23 bits per heavy atom. The van der Waals surface area contributed by atoms with E-state index in [1.54, 1.807) is 43.2 Å². The largest absolute Gasteiger partial charge is 0.444 e. The highest BCUT2D eigenvalue weighted by Gasteiger charge is 2.32. The predicted octanol–water partition coefficient (Wildman–Crippen LogP) is 2.77. The van der Waals surface area contributed by atoms with E-state index in [2.05, 4.69) is 25.6 Å². The number of aryl methyl sites for hydroxylation is 2. The molecule has 3 heterocycles. The summed E-state index contributed by atoms with van der Waals surface area (Å²) in [6.45, 7) is 9.95. The third-order valence-corrected chi connectivity index (χ3v) is 6.12. The third kappa shape index (κ3) is 7.88. The van der Waals surface area contributed by atoms with Crippen molar-refractivity contribution in [2.24, 2.45) is 5.73 Å².